The molecule has 0 saturated heterocycles. The van der Waals surface area contributed by atoms with Crippen LogP contribution in [0.2, 0.25) is 0 Å². The lowest BCUT2D eigenvalue weighted by Gasteiger charge is -2.19. The second-order valence-electron chi connectivity index (χ2n) is 6.24. The maximum atomic E-state index is 12.3. The van der Waals surface area contributed by atoms with E-state index in [1.54, 1.807) is 43.3 Å². The Morgan fingerprint density at radius 2 is 1.46 bits per heavy atom. The average molecular weight is 385 g/mol. The van der Waals surface area contributed by atoms with E-state index in [1.165, 1.54) is 0 Å². The van der Waals surface area contributed by atoms with Crippen LogP contribution in [-0.2, 0) is 4.79 Å². The molecule has 4 rings (SSSR count). The molecule has 0 spiro atoms. The second kappa shape index (κ2) is 7.55. The van der Waals surface area contributed by atoms with Crippen LogP contribution in [0.5, 0.6) is 23.0 Å². The Morgan fingerprint density at radius 3 is 2.29 bits per heavy atom. The summed E-state index contributed by atoms with van der Waals surface area (Å²) in [6.07, 6.45) is 0. The van der Waals surface area contributed by atoms with Crippen molar-refractivity contribution in [3.05, 3.63) is 36.4 Å². The normalized spacial score (nSPS) is 14.8. The lowest BCUT2D eigenvalue weighted by molar-refractivity contribution is -0.120. The van der Waals surface area contributed by atoms with E-state index in [4.69, 9.17) is 18.9 Å². The molecule has 0 aliphatic carbocycles. The molecule has 0 saturated carbocycles. The molecular formula is C19H19N3O6. The van der Waals surface area contributed by atoms with Crippen LogP contribution in [-0.4, -0.2) is 38.0 Å². The van der Waals surface area contributed by atoms with Gasteiger partial charge in [0.05, 0.1) is 0 Å². The van der Waals surface area contributed by atoms with Crippen LogP contribution in [0, 0.1) is 0 Å². The van der Waals surface area contributed by atoms with Gasteiger partial charge in [-0.3, -0.25) is 10.1 Å². The van der Waals surface area contributed by atoms with Gasteiger partial charge in [-0.1, -0.05) is 0 Å². The number of rotatable bonds is 4. The Balaban J connectivity index is 1.32. The number of anilines is 2. The highest BCUT2D eigenvalue weighted by atomic mass is 16.7. The second-order valence-corrected chi connectivity index (χ2v) is 6.24. The Labute approximate surface area is 160 Å². The van der Waals surface area contributed by atoms with Crippen LogP contribution in [0.25, 0.3) is 0 Å². The standard InChI is InChI=1S/C19H19N3O6/c1-11(20-12-2-5-15-17(8-12)28-10-27-15)18(23)22-19(24)21-13-3-4-14-16(9-13)26-7-6-25-14/h2-5,8-9,11,20H,6-7,10H2,1H3,(H2,21,22,23,24)/t11-/m0/s1. The summed E-state index contributed by atoms with van der Waals surface area (Å²) in [5.74, 6) is 1.95. The van der Waals surface area contributed by atoms with Gasteiger partial charge in [-0.25, -0.2) is 4.79 Å². The summed E-state index contributed by atoms with van der Waals surface area (Å²) in [7, 11) is 0. The number of amides is 3. The van der Waals surface area contributed by atoms with Crippen molar-refractivity contribution in [3.8, 4) is 23.0 Å². The number of fused-ring (bicyclic) bond motifs is 2. The summed E-state index contributed by atoms with van der Waals surface area (Å²) < 4.78 is 21.5. The van der Waals surface area contributed by atoms with Crippen molar-refractivity contribution in [2.24, 2.45) is 0 Å². The van der Waals surface area contributed by atoms with E-state index < -0.39 is 18.0 Å². The van der Waals surface area contributed by atoms with E-state index >= 15 is 0 Å². The molecule has 146 valence electrons. The molecule has 1 atom stereocenters. The summed E-state index contributed by atoms with van der Waals surface area (Å²) in [5, 5.41) is 7.92. The van der Waals surface area contributed by atoms with E-state index in [1.807, 2.05) is 0 Å². The van der Waals surface area contributed by atoms with Crippen molar-refractivity contribution in [2.75, 3.05) is 30.6 Å². The number of imide groups is 1. The third-order valence-corrected chi connectivity index (χ3v) is 4.19. The van der Waals surface area contributed by atoms with Gasteiger partial charge in [0.2, 0.25) is 12.7 Å². The largest absolute Gasteiger partial charge is 0.486 e. The van der Waals surface area contributed by atoms with Crippen molar-refractivity contribution in [1.82, 2.24) is 5.32 Å². The van der Waals surface area contributed by atoms with Gasteiger partial charge >= 0.3 is 6.03 Å². The van der Waals surface area contributed by atoms with Gasteiger partial charge in [0.25, 0.3) is 0 Å². The number of ether oxygens (including phenoxy) is 4. The van der Waals surface area contributed by atoms with Gasteiger partial charge in [0.1, 0.15) is 19.3 Å². The molecule has 0 aromatic heterocycles. The van der Waals surface area contributed by atoms with E-state index in [0.29, 0.717) is 47.6 Å². The van der Waals surface area contributed by atoms with Gasteiger partial charge in [0.15, 0.2) is 23.0 Å². The molecule has 9 heteroatoms. The monoisotopic (exact) mass is 385 g/mol. The predicted molar refractivity (Wildman–Crippen MR) is 100 cm³/mol. The van der Waals surface area contributed by atoms with Gasteiger partial charge < -0.3 is 29.6 Å². The number of carbonyl (C=O) groups is 2. The number of hydrogen-bond donors (Lipinski definition) is 3. The van der Waals surface area contributed by atoms with E-state index in [2.05, 4.69) is 16.0 Å². The number of benzene rings is 2. The molecule has 9 nitrogen and oxygen atoms in total. The molecular weight excluding hydrogens is 366 g/mol. The highest BCUT2D eigenvalue weighted by Crippen LogP contribution is 2.34. The number of carbonyl (C=O) groups excluding carboxylic acids is 2. The van der Waals surface area contributed by atoms with Crippen molar-refractivity contribution in [2.45, 2.75) is 13.0 Å². The zero-order valence-electron chi connectivity index (χ0n) is 15.1. The Bertz CT molecular complexity index is 917. The SMILES string of the molecule is C[C@H](Nc1ccc2c(c1)OCO2)C(=O)NC(=O)Nc1ccc2c(c1)OCCO2. The Hall–Kier alpha value is -3.62. The van der Waals surface area contributed by atoms with Gasteiger partial charge in [-0.2, -0.15) is 0 Å². The lowest BCUT2D eigenvalue weighted by Crippen LogP contribution is -2.42. The van der Waals surface area contributed by atoms with Crippen molar-refractivity contribution in [3.63, 3.8) is 0 Å². The smallest absolute Gasteiger partial charge is 0.325 e. The third-order valence-electron chi connectivity index (χ3n) is 4.19. The maximum absolute atomic E-state index is 12.3. The first-order valence-electron chi connectivity index (χ1n) is 8.76. The quantitative estimate of drug-likeness (QED) is 0.741. The average Bonchev–Trinajstić information content (AvgIpc) is 3.15. The van der Waals surface area contributed by atoms with Gasteiger partial charge in [-0.15, -0.1) is 0 Å². The number of hydrogen-bond acceptors (Lipinski definition) is 7. The molecule has 28 heavy (non-hydrogen) atoms. The summed E-state index contributed by atoms with van der Waals surface area (Å²) in [4.78, 5) is 24.4. The fourth-order valence-electron chi connectivity index (χ4n) is 2.81. The van der Waals surface area contributed by atoms with Crippen molar-refractivity contribution < 1.29 is 28.5 Å². The third kappa shape index (κ3) is 3.88. The molecule has 0 unspecified atom stereocenters. The van der Waals surface area contributed by atoms with Crippen LogP contribution in [0.1, 0.15) is 6.92 Å². The topological polar surface area (TPSA) is 107 Å². The Morgan fingerprint density at radius 1 is 0.857 bits per heavy atom. The fourth-order valence-corrected chi connectivity index (χ4v) is 2.81. The minimum atomic E-state index is -0.647. The molecule has 0 radical (unpaired) electrons. The molecule has 2 aromatic carbocycles. The van der Waals surface area contributed by atoms with E-state index in [-0.39, 0.29) is 6.79 Å². The van der Waals surface area contributed by atoms with Crippen LogP contribution in [0.15, 0.2) is 36.4 Å². The van der Waals surface area contributed by atoms with E-state index in [9.17, 15) is 9.59 Å². The fraction of sp³-hybridized carbons (Fsp3) is 0.263. The molecule has 0 bridgehead atoms. The molecule has 2 aromatic rings. The highest BCUT2D eigenvalue weighted by Gasteiger charge is 2.19. The summed E-state index contributed by atoms with van der Waals surface area (Å²) >= 11 is 0. The Kier molecular flexibility index (Phi) is 4.79. The molecule has 3 N–H and O–H groups in total. The zero-order valence-corrected chi connectivity index (χ0v) is 15.1. The maximum Gasteiger partial charge on any atom is 0.325 e. The minimum absolute atomic E-state index is 0.175. The van der Waals surface area contributed by atoms with Crippen LogP contribution in [0.3, 0.4) is 0 Å². The summed E-state index contributed by atoms with van der Waals surface area (Å²) in [6, 6.07) is 9.00. The highest BCUT2D eigenvalue weighted by molar-refractivity contribution is 6.03. The van der Waals surface area contributed by atoms with Crippen LogP contribution < -0.4 is 34.9 Å². The molecule has 2 aliphatic rings. The number of urea groups is 1. The van der Waals surface area contributed by atoms with Crippen LogP contribution >= 0.6 is 0 Å². The first-order valence-corrected chi connectivity index (χ1v) is 8.76. The van der Waals surface area contributed by atoms with Crippen molar-refractivity contribution >= 4 is 23.3 Å². The lowest BCUT2D eigenvalue weighted by atomic mass is 10.2. The van der Waals surface area contributed by atoms with E-state index in [0.717, 1.165) is 0 Å². The van der Waals surface area contributed by atoms with Gasteiger partial charge in [0, 0.05) is 23.5 Å². The molecule has 3 amide bonds. The van der Waals surface area contributed by atoms with Crippen molar-refractivity contribution in [1.29, 1.82) is 0 Å². The molecule has 2 heterocycles. The molecule has 2 aliphatic heterocycles. The van der Waals surface area contributed by atoms with Crippen LogP contribution in [0.4, 0.5) is 16.2 Å². The first-order chi connectivity index (χ1) is 13.6. The zero-order chi connectivity index (χ0) is 19.5. The number of nitrogens with one attached hydrogen (secondary N) is 3. The summed E-state index contributed by atoms with van der Waals surface area (Å²) in [6.45, 7) is 2.76. The van der Waals surface area contributed by atoms with Gasteiger partial charge in [-0.05, 0) is 31.2 Å². The summed E-state index contributed by atoms with van der Waals surface area (Å²) in [5.41, 5.74) is 1.17. The molecule has 0 fully saturated rings. The first kappa shape index (κ1) is 17.8. The minimum Gasteiger partial charge on any atom is -0.486 e. The predicted octanol–water partition coefficient (Wildman–Crippen LogP) is 2.34.